The highest BCUT2D eigenvalue weighted by Crippen LogP contribution is 2.25. The van der Waals surface area contributed by atoms with E-state index in [4.69, 9.17) is 10.8 Å². The van der Waals surface area contributed by atoms with Crippen molar-refractivity contribution in [1.82, 2.24) is 0 Å². The monoisotopic (exact) mass is 285 g/mol. The number of carboxylic acids is 1. The molecule has 21 heavy (non-hydrogen) atoms. The standard InChI is InChI=1S/C15H15N3O3/c1-9(19)17-11-3-5-12(6-4-11)18-14-7-2-10(15(20)21)8-13(14)16/h2-8,18H,16H2,1H3,(H,17,19)(H,20,21). The first-order chi connectivity index (χ1) is 9.95. The number of carboxylic acid groups (broad SMARTS) is 1. The Morgan fingerprint density at radius 2 is 1.67 bits per heavy atom. The highest BCUT2D eigenvalue weighted by molar-refractivity contribution is 5.91. The average molecular weight is 285 g/mol. The van der Waals surface area contributed by atoms with E-state index in [1.807, 2.05) is 0 Å². The van der Waals surface area contributed by atoms with Crippen LogP contribution in [-0.4, -0.2) is 17.0 Å². The summed E-state index contributed by atoms with van der Waals surface area (Å²) in [4.78, 5) is 21.8. The molecule has 0 fully saturated rings. The van der Waals surface area contributed by atoms with E-state index in [0.29, 0.717) is 17.1 Å². The van der Waals surface area contributed by atoms with Crippen LogP contribution < -0.4 is 16.4 Å². The van der Waals surface area contributed by atoms with Crippen LogP contribution in [0.15, 0.2) is 42.5 Å². The van der Waals surface area contributed by atoms with Crippen molar-refractivity contribution in [2.45, 2.75) is 6.92 Å². The lowest BCUT2D eigenvalue weighted by Crippen LogP contribution is -2.05. The first kappa shape index (κ1) is 14.4. The molecule has 0 aliphatic heterocycles. The van der Waals surface area contributed by atoms with Gasteiger partial charge in [-0.2, -0.15) is 0 Å². The van der Waals surface area contributed by atoms with Crippen LogP contribution in [0.2, 0.25) is 0 Å². The minimum atomic E-state index is -1.02. The van der Waals surface area contributed by atoms with Crippen LogP contribution in [0, 0.1) is 0 Å². The summed E-state index contributed by atoms with van der Waals surface area (Å²) in [5.41, 5.74) is 8.40. The average Bonchev–Trinajstić information content (AvgIpc) is 2.42. The van der Waals surface area contributed by atoms with Gasteiger partial charge in [-0.25, -0.2) is 4.79 Å². The second-order valence-electron chi connectivity index (χ2n) is 4.49. The van der Waals surface area contributed by atoms with Gasteiger partial charge in [0.25, 0.3) is 0 Å². The fraction of sp³-hybridized carbons (Fsp3) is 0.0667. The van der Waals surface area contributed by atoms with Crippen LogP contribution in [0.25, 0.3) is 0 Å². The number of carbonyl (C=O) groups excluding carboxylic acids is 1. The Kier molecular flexibility index (Phi) is 4.08. The lowest BCUT2D eigenvalue weighted by Gasteiger charge is -2.11. The van der Waals surface area contributed by atoms with Gasteiger partial charge in [-0.3, -0.25) is 4.79 Å². The van der Waals surface area contributed by atoms with E-state index in [1.54, 1.807) is 30.3 Å². The van der Waals surface area contributed by atoms with Crippen molar-refractivity contribution in [2.75, 3.05) is 16.4 Å². The van der Waals surface area contributed by atoms with Gasteiger partial charge in [-0.05, 0) is 42.5 Å². The smallest absolute Gasteiger partial charge is 0.335 e. The molecule has 0 aliphatic carbocycles. The SMILES string of the molecule is CC(=O)Nc1ccc(Nc2ccc(C(=O)O)cc2N)cc1. The van der Waals surface area contributed by atoms with E-state index in [1.165, 1.54) is 19.1 Å². The molecule has 0 saturated heterocycles. The number of hydrogen-bond donors (Lipinski definition) is 4. The Morgan fingerprint density at radius 3 is 2.19 bits per heavy atom. The lowest BCUT2D eigenvalue weighted by molar-refractivity contribution is -0.114. The topological polar surface area (TPSA) is 104 Å². The van der Waals surface area contributed by atoms with Crippen molar-refractivity contribution < 1.29 is 14.7 Å². The molecule has 2 aromatic carbocycles. The highest BCUT2D eigenvalue weighted by atomic mass is 16.4. The molecule has 6 nitrogen and oxygen atoms in total. The normalized spacial score (nSPS) is 9.95. The minimum absolute atomic E-state index is 0.135. The number of aromatic carboxylic acids is 1. The number of amides is 1. The Balaban J connectivity index is 2.14. The second-order valence-corrected chi connectivity index (χ2v) is 4.49. The summed E-state index contributed by atoms with van der Waals surface area (Å²) in [5, 5.41) is 14.6. The maximum atomic E-state index is 10.9. The van der Waals surface area contributed by atoms with Gasteiger partial charge in [0.05, 0.1) is 16.9 Å². The Labute approximate surface area is 121 Å². The van der Waals surface area contributed by atoms with Crippen LogP contribution >= 0.6 is 0 Å². The quantitative estimate of drug-likeness (QED) is 0.646. The summed E-state index contributed by atoms with van der Waals surface area (Å²) in [6, 6.07) is 11.6. The molecular weight excluding hydrogens is 270 g/mol. The molecule has 6 heteroatoms. The molecule has 5 N–H and O–H groups in total. The molecule has 0 heterocycles. The van der Waals surface area contributed by atoms with Gasteiger partial charge in [-0.1, -0.05) is 0 Å². The van der Waals surface area contributed by atoms with Gasteiger partial charge in [0, 0.05) is 18.3 Å². The van der Waals surface area contributed by atoms with Crippen molar-refractivity contribution in [3.8, 4) is 0 Å². The molecule has 0 bridgehead atoms. The van der Waals surface area contributed by atoms with E-state index >= 15 is 0 Å². The van der Waals surface area contributed by atoms with Crippen molar-refractivity contribution in [3.63, 3.8) is 0 Å². The number of benzene rings is 2. The Hall–Kier alpha value is -3.02. The van der Waals surface area contributed by atoms with E-state index in [0.717, 1.165) is 5.69 Å². The summed E-state index contributed by atoms with van der Waals surface area (Å²) in [7, 11) is 0. The van der Waals surface area contributed by atoms with Crippen molar-refractivity contribution >= 4 is 34.6 Å². The zero-order valence-electron chi connectivity index (χ0n) is 11.4. The van der Waals surface area contributed by atoms with Crippen molar-refractivity contribution in [1.29, 1.82) is 0 Å². The van der Waals surface area contributed by atoms with E-state index in [9.17, 15) is 9.59 Å². The molecule has 1 amide bonds. The molecule has 0 unspecified atom stereocenters. The van der Waals surface area contributed by atoms with Gasteiger partial charge in [0.2, 0.25) is 5.91 Å². The maximum Gasteiger partial charge on any atom is 0.335 e. The van der Waals surface area contributed by atoms with Gasteiger partial charge in [0.15, 0.2) is 0 Å². The van der Waals surface area contributed by atoms with Gasteiger partial charge in [0.1, 0.15) is 0 Å². The van der Waals surface area contributed by atoms with Gasteiger partial charge >= 0.3 is 5.97 Å². The van der Waals surface area contributed by atoms with Gasteiger partial charge < -0.3 is 21.5 Å². The zero-order valence-corrected chi connectivity index (χ0v) is 11.4. The molecule has 0 spiro atoms. The number of hydrogen-bond acceptors (Lipinski definition) is 4. The van der Waals surface area contributed by atoms with Crippen LogP contribution in [0.4, 0.5) is 22.7 Å². The first-order valence-corrected chi connectivity index (χ1v) is 6.23. The fourth-order valence-electron chi connectivity index (χ4n) is 1.81. The Morgan fingerprint density at radius 1 is 1.05 bits per heavy atom. The fourth-order valence-corrected chi connectivity index (χ4v) is 1.81. The molecule has 0 atom stereocenters. The highest BCUT2D eigenvalue weighted by Gasteiger charge is 2.06. The maximum absolute atomic E-state index is 10.9. The molecule has 0 saturated carbocycles. The van der Waals surface area contributed by atoms with Crippen molar-refractivity contribution in [3.05, 3.63) is 48.0 Å². The molecule has 2 rings (SSSR count). The summed E-state index contributed by atoms with van der Waals surface area (Å²) in [6.45, 7) is 1.44. The van der Waals surface area contributed by atoms with Crippen LogP contribution in [0.1, 0.15) is 17.3 Å². The number of nitrogens with one attached hydrogen (secondary N) is 2. The molecule has 108 valence electrons. The number of nitrogens with two attached hydrogens (primary N) is 1. The lowest BCUT2D eigenvalue weighted by atomic mass is 10.1. The van der Waals surface area contributed by atoms with Gasteiger partial charge in [-0.15, -0.1) is 0 Å². The molecular formula is C15H15N3O3. The number of rotatable bonds is 4. The molecule has 0 aromatic heterocycles. The second kappa shape index (κ2) is 5.96. The summed E-state index contributed by atoms with van der Waals surface area (Å²) < 4.78 is 0. The Bertz CT molecular complexity index is 681. The third kappa shape index (κ3) is 3.73. The largest absolute Gasteiger partial charge is 0.478 e. The molecule has 0 aliphatic rings. The van der Waals surface area contributed by atoms with Crippen molar-refractivity contribution in [2.24, 2.45) is 0 Å². The first-order valence-electron chi connectivity index (χ1n) is 6.23. The third-order valence-electron chi connectivity index (χ3n) is 2.78. The van der Waals surface area contributed by atoms with Crippen LogP contribution in [-0.2, 0) is 4.79 Å². The summed E-state index contributed by atoms with van der Waals surface area (Å²) in [5.74, 6) is -1.16. The predicted octanol–water partition coefficient (Wildman–Crippen LogP) is 2.67. The molecule has 2 aromatic rings. The molecule has 0 radical (unpaired) electrons. The number of nitrogen functional groups attached to an aromatic ring is 1. The summed E-state index contributed by atoms with van der Waals surface area (Å²) in [6.07, 6.45) is 0. The van der Waals surface area contributed by atoms with Crippen LogP contribution in [0.3, 0.4) is 0 Å². The predicted molar refractivity (Wildman–Crippen MR) is 81.8 cm³/mol. The summed E-state index contributed by atoms with van der Waals surface area (Å²) >= 11 is 0. The minimum Gasteiger partial charge on any atom is -0.478 e. The zero-order chi connectivity index (χ0) is 15.4. The number of anilines is 4. The van der Waals surface area contributed by atoms with E-state index in [-0.39, 0.29) is 11.5 Å². The third-order valence-corrected chi connectivity index (χ3v) is 2.78. The number of carbonyl (C=O) groups is 2. The van der Waals surface area contributed by atoms with E-state index < -0.39 is 5.97 Å². The van der Waals surface area contributed by atoms with E-state index in [2.05, 4.69) is 10.6 Å². The van der Waals surface area contributed by atoms with Crippen LogP contribution in [0.5, 0.6) is 0 Å².